The minimum absolute atomic E-state index is 0.0230. The third-order valence-electron chi connectivity index (χ3n) is 6.11. The molecule has 1 amide bonds. The van der Waals surface area contributed by atoms with Crippen molar-refractivity contribution in [1.82, 2.24) is 25.1 Å². The SMILES string of the molecule is CC(C)CC(=O)Nc1cncc(-c2cc3c(-c4cc5c(-c6ccsc6)cccc5[nH]4)n[nH]c3cn2)c1. The molecule has 1 aromatic carbocycles. The van der Waals surface area contributed by atoms with Crippen LogP contribution in [0.5, 0.6) is 0 Å². The highest BCUT2D eigenvalue weighted by Crippen LogP contribution is 2.35. The van der Waals surface area contributed by atoms with Gasteiger partial charge in [-0.3, -0.25) is 19.9 Å². The van der Waals surface area contributed by atoms with E-state index in [0.29, 0.717) is 12.1 Å². The zero-order valence-corrected chi connectivity index (χ0v) is 20.7. The van der Waals surface area contributed by atoms with Gasteiger partial charge in [0.2, 0.25) is 5.91 Å². The molecular formula is C28H24N6OS. The van der Waals surface area contributed by atoms with Crippen molar-refractivity contribution in [2.24, 2.45) is 5.92 Å². The molecule has 178 valence electrons. The molecule has 6 rings (SSSR count). The standard InChI is InChI=1S/C28H24N6OS/c1-16(2)8-27(35)31-19-9-18(12-29-13-19)24-11-22-26(14-30-24)33-34-28(22)25-10-21-20(17-6-7-36-15-17)4-3-5-23(21)32-25/h3-7,9-16,32H,8H2,1-2H3,(H,31,35)(H,33,34). The molecule has 5 aromatic heterocycles. The lowest BCUT2D eigenvalue weighted by molar-refractivity contribution is -0.116. The summed E-state index contributed by atoms with van der Waals surface area (Å²) in [6.45, 7) is 4.04. The van der Waals surface area contributed by atoms with Gasteiger partial charge in [0.1, 0.15) is 5.69 Å². The maximum absolute atomic E-state index is 12.2. The lowest BCUT2D eigenvalue weighted by atomic mass is 10.0. The average molecular weight is 493 g/mol. The van der Waals surface area contributed by atoms with E-state index in [4.69, 9.17) is 0 Å². The number of hydrogen-bond donors (Lipinski definition) is 3. The Morgan fingerprint density at radius 3 is 2.78 bits per heavy atom. The highest BCUT2D eigenvalue weighted by molar-refractivity contribution is 7.08. The first-order chi connectivity index (χ1) is 17.5. The van der Waals surface area contributed by atoms with Gasteiger partial charge in [0.25, 0.3) is 0 Å². The predicted octanol–water partition coefficient (Wildman–Crippen LogP) is 6.88. The van der Waals surface area contributed by atoms with Crippen molar-refractivity contribution in [3.63, 3.8) is 0 Å². The van der Waals surface area contributed by atoms with E-state index in [-0.39, 0.29) is 11.8 Å². The second-order valence-corrected chi connectivity index (χ2v) is 10.0. The molecule has 0 aliphatic rings. The molecule has 0 radical (unpaired) electrons. The maximum Gasteiger partial charge on any atom is 0.224 e. The zero-order chi connectivity index (χ0) is 24.6. The number of amides is 1. The van der Waals surface area contributed by atoms with Gasteiger partial charge in [0, 0.05) is 34.5 Å². The first kappa shape index (κ1) is 22.2. The number of benzene rings is 1. The lowest BCUT2D eigenvalue weighted by Crippen LogP contribution is -2.13. The minimum atomic E-state index is -0.0230. The highest BCUT2D eigenvalue weighted by atomic mass is 32.1. The van der Waals surface area contributed by atoms with Gasteiger partial charge in [-0.25, -0.2) is 0 Å². The van der Waals surface area contributed by atoms with Gasteiger partial charge in [-0.1, -0.05) is 26.0 Å². The second kappa shape index (κ2) is 9.05. The molecule has 5 heterocycles. The quantitative estimate of drug-likeness (QED) is 0.236. The number of rotatable bonds is 6. The van der Waals surface area contributed by atoms with Crippen molar-refractivity contribution < 1.29 is 4.79 Å². The van der Waals surface area contributed by atoms with Gasteiger partial charge in [-0.05, 0) is 58.1 Å². The molecule has 0 bridgehead atoms. The van der Waals surface area contributed by atoms with Crippen LogP contribution in [0.15, 0.2) is 71.8 Å². The van der Waals surface area contributed by atoms with Crippen LogP contribution in [0.1, 0.15) is 20.3 Å². The third kappa shape index (κ3) is 4.16. The van der Waals surface area contributed by atoms with Crippen molar-refractivity contribution >= 4 is 44.7 Å². The van der Waals surface area contributed by atoms with Crippen LogP contribution in [-0.2, 0) is 4.79 Å². The molecule has 3 N–H and O–H groups in total. The summed E-state index contributed by atoms with van der Waals surface area (Å²) in [6, 6.07) is 14.5. The zero-order valence-electron chi connectivity index (χ0n) is 19.9. The number of carbonyl (C=O) groups excluding carboxylic acids is 1. The number of H-pyrrole nitrogens is 2. The monoisotopic (exact) mass is 492 g/mol. The fourth-order valence-corrected chi connectivity index (χ4v) is 5.12. The van der Waals surface area contributed by atoms with Gasteiger partial charge in [-0.15, -0.1) is 0 Å². The van der Waals surface area contributed by atoms with Gasteiger partial charge < -0.3 is 10.3 Å². The van der Waals surface area contributed by atoms with E-state index in [0.717, 1.165) is 44.5 Å². The van der Waals surface area contributed by atoms with Crippen LogP contribution in [0, 0.1) is 5.92 Å². The number of aromatic amines is 2. The summed E-state index contributed by atoms with van der Waals surface area (Å²) >= 11 is 1.69. The first-order valence-electron chi connectivity index (χ1n) is 11.8. The Hall–Kier alpha value is -4.30. The summed E-state index contributed by atoms with van der Waals surface area (Å²) in [5.74, 6) is 0.265. The van der Waals surface area contributed by atoms with Crippen molar-refractivity contribution in [3.8, 4) is 33.8 Å². The predicted molar refractivity (Wildman–Crippen MR) is 146 cm³/mol. The molecule has 0 saturated carbocycles. The minimum Gasteiger partial charge on any atom is -0.353 e. The highest BCUT2D eigenvalue weighted by Gasteiger charge is 2.15. The van der Waals surface area contributed by atoms with E-state index in [9.17, 15) is 4.79 Å². The number of thiophene rings is 1. The average Bonchev–Trinajstić information content (AvgIpc) is 3.62. The fraction of sp³-hybridized carbons (Fsp3) is 0.143. The van der Waals surface area contributed by atoms with E-state index in [1.54, 1.807) is 29.9 Å². The van der Waals surface area contributed by atoms with Crippen LogP contribution >= 0.6 is 11.3 Å². The van der Waals surface area contributed by atoms with E-state index >= 15 is 0 Å². The number of pyridine rings is 2. The maximum atomic E-state index is 12.2. The van der Waals surface area contributed by atoms with Crippen molar-refractivity contribution in [3.05, 3.63) is 71.8 Å². The fourth-order valence-electron chi connectivity index (χ4n) is 4.46. The van der Waals surface area contributed by atoms with Gasteiger partial charge in [0.05, 0.1) is 35.0 Å². The van der Waals surface area contributed by atoms with Crippen LogP contribution in [0.3, 0.4) is 0 Å². The van der Waals surface area contributed by atoms with E-state index in [1.807, 2.05) is 26.0 Å². The van der Waals surface area contributed by atoms with Crippen molar-refractivity contribution in [1.29, 1.82) is 0 Å². The van der Waals surface area contributed by atoms with E-state index in [2.05, 4.69) is 71.6 Å². The smallest absolute Gasteiger partial charge is 0.224 e. The summed E-state index contributed by atoms with van der Waals surface area (Å²) in [5.41, 5.74) is 8.31. The van der Waals surface area contributed by atoms with Gasteiger partial charge in [0.15, 0.2) is 0 Å². The number of aromatic nitrogens is 5. The Bertz CT molecular complexity index is 1700. The molecule has 0 aliphatic carbocycles. The topological polar surface area (TPSA) is 99.4 Å². The van der Waals surface area contributed by atoms with Gasteiger partial charge in [-0.2, -0.15) is 16.4 Å². The second-order valence-electron chi connectivity index (χ2n) is 9.26. The number of nitrogens with one attached hydrogen (secondary N) is 3. The van der Waals surface area contributed by atoms with Crippen LogP contribution in [-0.4, -0.2) is 31.1 Å². The Morgan fingerprint density at radius 2 is 1.94 bits per heavy atom. The van der Waals surface area contributed by atoms with Crippen LogP contribution in [0.4, 0.5) is 5.69 Å². The number of carbonyl (C=O) groups is 1. The number of fused-ring (bicyclic) bond motifs is 2. The molecule has 0 atom stereocenters. The number of hydrogen-bond acceptors (Lipinski definition) is 5. The van der Waals surface area contributed by atoms with Crippen LogP contribution in [0.25, 0.3) is 55.6 Å². The molecule has 0 unspecified atom stereocenters. The molecule has 0 aliphatic heterocycles. The largest absolute Gasteiger partial charge is 0.353 e. The number of anilines is 1. The first-order valence-corrected chi connectivity index (χ1v) is 12.7. The van der Waals surface area contributed by atoms with Crippen LogP contribution < -0.4 is 5.32 Å². The number of nitrogens with zero attached hydrogens (tertiary/aromatic N) is 3. The van der Waals surface area contributed by atoms with Crippen molar-refractivity contribution in [2.75, 3.05) is 5.32 Å². The Kier molecular flexibility index (Phi) is 5.58. The summed E-state index contributed by atoms with van der Waals surface area (Å²) in [6.07, 6.45) is 5.65. The summed E-state index contributed by atoms with van der Waals surface area (Å²) in [4.78, 5) is 24.7. The third-order valence-corrected chi connectivity index (χ3v) is 6.79. The van der Waals surface area contributed by atoms with Crippen LogP contribution in [0.2, 0.25) is 0 Å². The molecule has 0 spiro atoms. The molecule has 0 fully saturated rings. The van der Waals surface area contributed by atoms with Gasteiger partial charge >= 0.3 is 0 Å². The molecule has 8 heteroatoms. The molecular weight excluding hydrogens is 468 g/mol. The molecule has 7 nitrogen and oxygen atoms in total. The molecule has 36 heavy (non-hydrogen) atoms. The van der Waals surface area contributed by atoms with E-state index in [1.165, 1.54) is 11.1 Å². The van der Waals surface area contributed by atoms with E-state index < -0.39 is 0 Å². The normalized spacial score (nSPS) is 11.5. The Labute approximate surface area is 211 Å². The summed E-state index contributed by atoms with van der Waals surface area (Å²) in [7, 11) is 0. The summed E-state index contributed by atoms with van der Waals surface area (Å²) in [5, 5.41) is 17.0. The Balaban J connectivity index is 1.38. The lowest BCUT2D eigenvalue weighted by Gasteiger charge is -2.08. The van der Waals surface area contributed by atoms with Crippen molar-refractivity contribution in [2.45, 2.75) is 20.3 Å². The molecule has 6 aromatic rings. The summed E-state index contributed by atoms with van der Waals surface area (Å²) < 4.78 is 0. The Morgan fingerprint density at radius 1 is 1.03 bits per heavy atom. The molecule has 0 saturated heterocycles.